The zero-order chi connectivity index (χ0) is 18.2. The number of carbonyl (C=O) groups excluding carboxylic acids is 1. The van der Waals surface area contributed by atoms with Crippen molar-refractivity contribution in [3.05, 3.63) is 71.4 Å². The Hall–Kier alpha value is -3.03. The maximum absolute atomic E-state index is 12.5. The van der Waals surface area contributed by atoms with Crippen LogP contribution in [0.1, 0.15) is 16.2 Å². The number of hydrogen-bond acceptors (Lipinski definition) is 5. The second-order valence-corrected chi connectivity index (χ2v) is 8.04. The molecule has 132 valence electrons. The van der Waals surface area contributed by atoms with Crippen molar-refractivity contribution in [2.45, 2.75) is 6.54 Å². The Labute approximate surface area is 162 Å². The standard InChI is InChI=1S/C20H14N4OS2/c25-19(21-11-18-22-13-4-1-2-5-14(13)23-18)12-7-8-15-17(10-12)27-20(24-15)16-6-3-9-26-16/h1-10H,11H2,(H,21,25)(H,22,23). The van der Waals surface area contributed by atoms with Gasteiger partial charge in [-0.15, -0.1) is 22.7 Å². The maximum atomic E-state index is 12.5. The summed E-state index contributed by atoms with van der Waals surface area (Å²) >= 11 is 3.27. The first-order valence-corrected chi connectivity index (χ1v) is 10.1. The molecule has 5 aromatic rings. The number of rotatable bonds is 4. The van der Waals surface area contributed by atoms with Crippen LogP contribution < -0.4 is 5.32 Å². The lowest BCUT2D eigenvalue weighted by atomic mass is 10.2. The van der Waals surface area contributed by atoms with Gasteiger partial charge in [-0.25, -0.2) is 9.97 Å². The highest BCUT2D eigenvalue weighted by Gasteiger charge is 2.12. The van der Waals surface area contributed by atoms with Crippen molar-refractivity contribution in [2.24, 2.45) is 0 Å². The fraction of sp³-hybridized carbons (Fsp3) is 0.0500. The van der Waals surface area contributed by atoms with Crippen LogP contribution in [-0.2, 0) is 6.54 Å². The van der Waals surface area contributed by atoms with E-state index in [0.717, 1.165) is 37.0 Å². The van der Waals surface area contributed by atoms with Crippen molar-refractivity contribution in [2.75, 3.05) is 0 Å². The topological polar surface area (TPSA) is 70.7 Å². The first-order valence-electron chi connectivity index (χ1n) is 8.42. The molecule has 0 bridgehead atoms. The molecule has 0 saturated carbocycles. The summed E-state index contributed by atoms with van der Waals surface area (Å²) in [5.74, 6) is 0.617. The number of fused-ring (bicyclic) bond motifs is 2. The maximum Gasteiger partial charge on any atom is 0.251 e. The number of para-hydroxylation sites is 2. The van der Waals surface area contributed by atoms with Crippen LogP contribution in [0.4, 0.5) is 0 Å². The highest BCUT2D eigenvalue weighted by atomic mass is 32.1. The van der Waals surface area contributed by atoms with Gasteiger partial charge in [0.2, 0.25) is 0 Å². The molecule has 0 radical (unpaired) electrons. The van der Waals surface area contributed by atoms with E-state index in [4.69, 9.17) is 0 Å². The van der Waals surface area contributed by atoms with Gasteiger partial charge in [-0.2, -0.15) is 0 Å². The summed E-state index contributed by atoms with van der Waals surface area (Å²) < 4.78 is 1.01. The highest BCUT2D eigenvalue weighted by molar-refractivity contribution is 7.25. The Balaban J connectivity index is 1.35. The van der Waals surface area contributed by atoms with E-state index < -0.39 is 0 Å². The van der Waals surface area contributed by atoms with Gasteiger partial charge in [-0.05, 0) is 41.8 Å². The van der Waals surface area contributed by atoms with E-state index in [1.807, 2.05) is 53.9 Å². The first-order chi connectivity index (χ1) is 13.3. The number of nitrogens with one attached hydrogen (secondary N) is 2. The molecular formula is C20H14N4OS2. The molecule has 27 heavy (non-hydrogen) atoms. The van der Waals surface area contributed by atoms with Gasteiger partial charge >= 0.3 is 0 Å². The van der Waals surface area contributed by atoms with Gasteiger partial charge in [0, 0.05) is 5.56 Å². The van der Waals surface area contributed by atoms with Crippen LogP contribution in [0.15, 0.2) is 60.0 Å². The largest absolute Gasteiger partial charge is 0.345 e. The van der Waals surface area contributed by atoms with Crippen LogP contribution >= 0.6 is 22.7 Å². The lowest BCUT2D eigenvalue weighted by Gasteiger charge is -2.03. The summed E-state index contributed by atoms with van der Waals surface area (Å²) in [6, 6.07) is 17.5. The molecule has 0 unspecified atom stereocenters. The molecule has 2 N–H and O–H groups in total. The number of imidazole rings is 1. The Morgan fingerprint density at radius 3 is 2.81 bits per heavy atom. The molecule has 0 aliphatic carbocycles. The number of thiazole rings is 1. The summed E-state index contributed by atoms with van der Waals surface area (Å²) in [5, 5.41) is 5.95. The Kier molecular flexibility index (Phi) is 3.95. The lowest BCUT2D eigenvalue weighted by molar-refractivity contribution is 0.0950. The minimum atomic E-state index is -0.122. The van der Waals surface area contributed by atoms with Gasteiger partial charge in [0.15, 0.2) is 0 Å². The number of thiophene rings is 1. The van der Waals surface area contributed by atoms with E-state index in [0.29, 0.717) is 12.1 Å². The molecule has 0 aliphatic rings. The van der Waals surface area contributed by atoms with Crippen LogP contribution in [0, 0.1) is 0 Å². The number of carbonyl (C=O) groups is 1. The average Bonchev–Trinajstić information content (AvgIpc) is 3.43. The number of aromatic nitrogens is 3. The average molecular weight is 390 g/mol. The predicted molar refractivity (Wildman–Crippen MR) is 110 cm³/mol. The SMILES string of the molecule is O=C(NCc1nc2ccccc2[nH]1)c1ccc2nc(-c3cccs3)sc2c1. The number of aromatic amines is 1. The highest BCUT2D eigenvalue weighted by Crippen LogP contribution is 2.33. The zero-order valence-electron chi connectivity index (χ0n) is 14.1. The number of benzene rings is 2. The van der Waals surface area contributed by atoms with Crippen LogP contribution in [0.5, 0.6) is 0 Å². The molecule has 0 fully saturated rings. The summed E-state index contributed by atoms with van der Waals surface area (Å²) in [7, 11) is 0. The van der Waals surface area contributed by atoms with Crippen LogP contribution in [0.2, 0.25) is 0 Å². The minimum absolute atomic E-state index is 0.122. The molecule has 5 nitrogen and oxygen atoms in total. The molecule has 1 amide bonds. The van der Waals surface area contributed by atoms with Gasteiger partial charge < -0.3 is 10.3 Å². The van der Waals surface area contributed by atoms with Crippen LogP contribution in [-0.4, -0.2) is 20.9 Å². The summed E-state index contributed by atoms with van der Waals surface area (Å²) in [5.41, 5.74) is 3.40. The molecule has 2 aromatic carbocycles. The van der Waals surface area contributed by atoms with Crippen molar-refractivity contribution >= 4 is 49.8 Å². The quantitative estimate of drug-likeness (QED) is 0.462. The van der Waals surface area contributed by atoms with E-state index in [1.165, 1.54) is 0 Å². The molecule has 7 heteroatoms. The molecule has 5 rings (SSSR count). The number of amides is 1. The second kappa shape index (κ2) is 6.61. The molecule has 0 spiro atoms. The summed E-state index contributed by atoms with van der Waals surface area (Å²) in [6.07, 6.45) is 0. The van der Waals surface area contributed by atoms with Crippen molar-refractivity contribution in [3.63, 3.8) is 0 Å². The smallest absolute Gasteiger partial charge is 0.251 e. The monoisotopic (exact) mass is 390 g/mol. The zero-order valence-corrected chi connectivity index (χ0v) is 15.7. The fourth-order valence-electron chi connectivity index (χ4n) is 2.93. The third kappa shape index (κ3) is 3.11. The van der Waals surface area contributed by atoms with E-state index in [2.05, 4.69) is 26.3 Å². The molecule has 3 heterocycles. The van der Waals surface area contributed by atoms with Crippen LogP contribution in [0.3, 0.4) is 0 Å². The molecule has 0 saturated heterocycles. The minimum Gasteiger partial charge on any atom is -0.345 e. The van der Waals surface area contributed by atoms with Crippen molar-refractivity contribution in [1.29, 1.82) is 0 Å². The van der Waals surface area contributed by atoms with E-state index >= 15 is 0 Å². The lowest BCUT2D eigenvalue weighted by Crippen LogP contribution is -2.23. The molecular weight excluding hydrogens is 376 g/mol. The predicted octanol–water partition coefficient (Wildman–Crippen LogP) is 4.83. The van der Waals surface area contributed by atoms with Gasteiger partial charge in [-0.3, -0.25) is 4.79 Å². The van der Waals surface area contributed by atoms with Crippen molar-refractivity contribution < 1.29 is 4.79 Å². The number of H-pyrrole nitrogens is 1. The normalized spacial score (nSPS) is 11.3. The van der Waals surface area contributed by atoms with Gasteiger partial charge in [0.1, 0.15) is 10.8 Å². The fourth-order valence-corrected chi connectivity index (χ4v) is 4.73. The third-order valence-corrected chi connectivity index (χ3v) is 6.29. The van der Waals surface area contributed by atoms with E-state index in [1.54, 1.807) is 22.7 Å². The Morgan fingerprint density at radius 1 is 1.04 bits per heavy atom. The molecule has 0 aliphatic heterocycles. The van der Waals surface area contributed by atoms with Gasteiger partial charge in [0.25, 0.3) is 5.91 Å². The van der Waals surface area contributed by atoms with Crippen molar-refractivity contribution in [3.8, 4) is 9.88 Å². The van der Waals surface area contributed by atoms with Crippen LogP contribution in [0.25, 0.3) is 31.1 Å². The number of nitrogens with zero attached hydrogens (tertiary/aromatic N) is 2. The molecule has 3 aromatic heterocycles. The number of hydrogen-bond donors (Lipinski definition) is 2. The first kappa shape index (κ1) is 16.2. The third-order valence-electron chi connectivity index (χ3n) is 4.24. The Morgan fingerprint density at radius 2 is 1.96 bits per heavy atom. The van der Waals surface area contributed by atoms with Crippen molar-refractivity contribution in [1.82, 2.24) is 20.3 Å². The van der Waals surface area contributed by atoms with E-state index in [9.17, 15) is 4.79 Å². The Bertz CT molecular complexity index is 1220. The summed E-state index contributed by atoms with van der Waals surface area (Å²) in [4.78, 5) is 26.0. The van der Waals surface area contributed by atoms with Gasteiger partial charge in [-0.1, -0.05) is 18.2 Å². The van der Waals surface area contributed by atoms with Gasteiger partial charge in [0.05, 0.1) is 32.7 Å². The molecule has 0 atom stereocenters. The second-order valence-electron chi connectivity index (χ2n) is 6.06. The summed E-state index contributed by atoms with van der Waals surface area (Å²) in [6.45, 7) is 0.356. The van der Waals surface area contributed by atoms with E-state index in [-0.39, 0.29) is 5.91 Å².